The van der Waals surface area contributed by atoms with Gasteiger partial charge < -0.3 is 30.1 Å². The first-order chi connectivity index (χ1) is 18.9. The molecular formula is C30H40N2O7. The van der Waals surface area contributed by atoms with Gasteiger partial charge in [-0.2, -0.15) is 0 Å². The van der Waals surface area contributed by atoms with E-state index >= 15 is 0 Å². The molecule has 0 bridgehead atoms. The van der Waals surface area contributed by atoms with Crippen LogP contribution in [0.4, 0.5) is 5.69 Å². The molecular weight excluding hydrogens is 500 g/mol. The first-order valence-electron chi connectivity index (χ1n) is 13.9. The molecule has 2 aliphatic rings. The summed E-state index contributed by atoms with van der Waals surface area (Å²) in [5.74, 6) is -0.847. The van der Waals surface area contributed by atoms with Gasteiger partial charge in [-0.15, -0.1) is 0 Å². The van der Waals surface area contributed by atoms with Gasteiger partial charge in [0.2, 0.25) is 5.91 Å². The molecule has 9 heteroatoms. The number of aliphatic hydroxyl groups is 2. The van der Waals surface area contributed by atoms with E-state index in [1.165, 1.54) is 0 Å². The molecule has 4 rings (SSSR count). The molecule has 0 aliphatic carbocycles. The van der Waals surface area contributed by atoms with E-state index < -0.39 is 12.3 Å². The lowest BCUT2D eigenvalue weighted by Crippen LogP contribution is -2.38. The number of carboxylic acids is 1. The summed E-state index contributed by atoms with van der Waals surface area (Å²) in [6, 6.07) is 15.3. The molecule has 2 fully saturated rings. The smallest absolute Gasteiger partial charge is 0.303 e. The van der Waals surface area contributed by atoms with Crippen LogP contribution in [-0.4, -0.2) is 63.9 Å². The number of carbonyl (C=O) groups excluding carboxylic acids is 1. The first-order valence-corrected chi connectivity index (χ1v) is 13.9. The van der Waals surface area contributed by atoms with Gasteiger partial charge in [0.15, 0.2) is 6.29 Å². The number of benzene rings is 2. The number of likely N-dealkylation sites (tertiary alicyclic amines) is 1. The highest BCUT2D eigenvalue weighted by molar-refractivity contribution is 5.90. The van der Waals surface area contributed by atoms with E-state index in [1.54, 1.807) is 0 Å². The minimum absolute atomic E-state index is 0.00681. The number of nitrogens with one attached hydrogen (secondary N) is 1. The Morgan fingerprint density at radius 3 is 2.26 bits per heavy atom. The predicted molar refractivity (Wildman–Crippen MR) is 146 cm³/mol. The number of hydrogen-bond acceptors (Lipinski definition) is 7. The second-order valence-electron chi connectivity index (χ2n) is 10.5. The van der Waals surface area contributed by atoms with Crippen LogP contribution in [0, 0.1) is 0 Å². The number of nitrogens with zero attached hydrogens (tertiary/aromatic N) is 1. The largest absolute Gasteiger partial charge is 0.481 e. The van der Waals surface area contributed by atoms with Crippen molar-refractivity contribution in [2.45, 2.75) is 82.6 Å². The van der Waals surface area contributed by atoms with Crippen molar-refractivity contribution in [3.8, 4) is 0 Å². The Hall–Kier alpha value is -2.82. The number of hydrogen-bond donors (Lipinski definition) is 4. The lowest BCUT2D eigenvalue weighted by atomic mass is 9.99. The summed E-state index contributed by atoms with van der Waals surface area (Å²) in [6.07, 6.45) is 3.91. The van der Waals surface area contributed by atoms with E-state index in [9.17, 15) is 19.8 Å². The Balaban J connectivity index is 1.34. The van der Waals surface area contributed by atoms with Crippen molar-refractivity contribution >= 4 is 17.6 Å². The van der Waals surface area contributed by atoms with Gasteiger partial charge in [-0.3, -0.25) is 14.5 Å². The molecule has 0 spiro atoms. The van der Waals surface area contributed by atoms with Crippen molar-refractivity contribution in [2.24, 2.45) is 0 Å². The summed E-state index contributed by atoms with van der Waals surface area (Å²) in [6.45, 7) is 2.21. The Morgan fingerprint density at radius 1 is 0.923 bits per heavy atom. The van der Waals surface area contributed by atoms with Crippen LogP contribution in [0.15, 0.2) is 48.5 Å². The fourth-order valence-electron chi connectivity index (χ4n) is 5.16. The molecule has 4 N–H and O–H groups in total. The number of unbranched alkanes of at least 4 members (excludes halogenated alkanes) is 3. The molecule has 2 aliphatic heterocycles. The fourth-order valence-corrected chi connectivity index (χ4v) is 5.16. The molecule has 0 aromatic heterocycles. The number of amides is 1. The quantitative estimate of drug-likeness (QED) is 0.279. The lowest BCUT2D eigenvalue weighted by Gasteiger charge is -2.37. The molecule has 39 heavy (non-hydrogen) atoms. The van der Waals surface area contributed by atoms with E-state index in [1.807, 2.05) is 48.5 Å². The van der Waals surface area contributed by atoms with Crippen LogP contribution in [0.25, 0.3) is 0 Å². The van der Waals surface area contributed by atoms with Crippen molar-refractivity contribution in [1.29, 1.82) is 0 Å². The van der Waals surface area contributed by atoms with Gasteiger partial charge in [0.1, 0.15) is 0 Å². The third kappa shape index (κ3) is 9.12. The Kier molecular flexibility index (Phi) is 10.9. The number of carbonyl (C=O) groups is 2. The number of rotatable bonds is 13. The Labute approximate surface area is 229 Å². The Bertz CT molecular complexity index is 1060. The van der Waals surface area contributed by atoms with Gasteiger partial charge in [0.05, 0.1) is 24.9 Å². The van der Waals surface area contributed by atoms with Crippen LogP contribution < -0.4 is 5.32 Å². The van der Waals surface area contributed by atoms with Gasteiger partial charge in [0.25, 0.3) is 0 Å². The molecule has 4 atom stereocenters. The minimum Gasteiger partial charge on any atom is -0.481 e. The second kappa shape index (κ2) is 14.5. The van der Waals surface area contributed by atoms with Crippen LogP contribution in [0.3, 0.4) is 0 Å². The summed E-state index contributed by atoms with van der Waals surface area (Å²) in [7, 11) is 0. The highest BCUT2D eigenvalue weighted by atomic mass is 16.7. The zero-order valence-electron chi connectivity index (χ0n) is 22.3. The number of β-amino-alcohol motifs (C(OH)–C–C–N with tert-alkyl or cyclic N) is 1. The maximum atomic E-state index is 12.3. The molecule has 212 valence electrons. The molecule has 2 aromatic rings. The van der Waals surface area contributed by atoms with Gasteiger partial charge in [0, 0.05) is 50.1 Å². The molecule has 0 radical (unpaired) electrons. The number of ether oxygens (including phenoxy) is 2. The third-order valence-electron chi connectivity index (χ3n) is 7.34. The van der Waals surface area contributed by atoms with E-state index in [0.29, 0.717) is 38.0 Å². The molecule has 1 amide bonds. The van der Waals surface area contributed by atoms with Crippen molar-refractivity contribution in [3.63, 3.8) is 0 Å². The molecule has 2 aromatic carbocycles. The van der Waals surface area contributed by atoms with Crippen LogP contribution in [-0.2, 0) is 25.7 Å². The molecule has 9 nitrogen and oxygen atoms in total. The maximum absolute atomic E-state index is 12.3. The summed E-state index contributed by atoms with van der Waals surface area (Å²) >= 11 is 0. The molecule has 2 saturated heterocycles. The summed E-state index contributed by atoms with van der Waals surface area (Å²) in [5, 5.41) is 31.0. The van der Waals surface area contributed by atoms with E-state index in [0.717, 1.165) is 48.9 Å². The van der Waals surface area contributed by atoms with Crippen LogP contribution in [0.1, 0.15) is 80.5 Å². The average Bonchev–Trinajstić information content (AvgIpc) is 3.35. The first kappa shape index (κ1) is 29.2. The normalized spacial score (nSPS) is 23.5. The molecule has 2 heterocycles. The van der Waals surface area contributed by atoms with Gasteiger partial charge in [-0.1, -0.05) is 49.2 Å². The number of carboxylic acid groups (broad SMARTS) is 1. The summed E-state index contributed by atoms with van der Waals surface area (Å²) in [4.78, 5) is 25.1. The summed E-state index contributed by atoms with van der Waals surface area (Å²) in [5.41, 5.74) is 3.43. The zero-order chi connectivity index (χ0) is 27.6. The molecule has 0 saturated carbocycles. The van der Waals surface area contributed by atoms with Crippen LogP contribution >= 0.6 is 0 Å². The van der Waals surface area contributed by atoms with Gasteiger partial charge in [-0.25, -0.2) is 0 Å². The molecule has 0 unspecified atom stereocenters. The lowest BCUT2D eigenvalue weighted by molar-refractivity contribution is -0.252. The van der Waals surface area contributed by atoms with Gasteiger partial charge >= 0.3 is 5.97 Å². The van der Waals surface area contributed by atoms with E-state index in [2.05, 4.69) is 10.2 Å². The second-order valence-corrected chi connectivity index (χ2v) is 10.5. The SMILES string of the molecule is O=C(O)CCCCCCC(=O)Nc1ccc([C@H]2O[C@@H](CN3CC[C@H](O)C3)C[C@@H](c3ccc(CO)cc3)O2)cc1. The van der Waals surface area contributed by atoms with E-state index in [4.69, 9.17) is 14.6 Å². The monoisotopic (exact) mass is 540 g/mol. The van der Waals surface area contributed by atoms with Crippen LogP contribution in [0.2, 0.25) is 0 Å². The third-order valence-corrected chi connectivity index (χ3v) is 7.34. The van der Waals surface area contributed by atoms with Crippen molar-refractivity contribution in [3.05, 3.63) is 65.2 Å². The standard InChI is InChI=1S/C30H40N2O7/c33-20-21-7-9-22(10-8-21)27-17-26(19-32-16-15-25(34)18-32)38-30(39-27)23-11-13-24(14-12-23)31-28(35)5-3-1-2-4-6-29(36)37/h7-14,25-27,30,33-34H,1-6,15-20H2,(H,31,35)(H,36,37)/t25-,26+,27-,30-/m0/s1. The number of aliphatic carboxylic acids is 1. The fraction of sp³-hybridized carbons (Fsp3) is 0.533. The predicted octanol–water partition coefficient (Wildman–Crippen LogP) is 4.15. The topological polar surface area (TPSA) is 129 Å². The van der Waals surface area contributed by atoms with E-state index in [-0.39, 0.29) is 37.2 Å². The van der Waals surface area contributed by atoms with Crippen molar-refractivity contribution in [1.82, 2.24) is 4.90 Å². The zero-order valence-corrected chi connectivity index (χ0v) is 22.3. The number of anilines is 1. The van der Waals surface area contributed by atoms with Crippen molar-refractivity contribution in [2.75, 3.05) is 25.0 Å². The average molecular weight is 541 g/mol. The minimum atomic E-state index is -0.783. The number of aliphatic hydroxyl groups excluding tert-OH is 2. The maximum Gasteiger partial charge on any atom is 0.303 e. The highest BCUT2D eigenvalue weighted by Gasteiger charge is 2.34. The Morgan fingerprint density at radius 2 is 1.62 bits per heavy atom. The summed E-state index contributed by atoms with van der Waals surface area (Å²) < 4.78 is 12.8. The highest BCUT2D eigenvalue weighted by Crippen LogP contribution is 2.38. The van der Waals surface area contributed by atoms with Gasteiger partial charge in [-0.05, 0) is 42.5 Å². The van der Waals surface area contributed by atoms with Crippen molar-refractivity contribution < 1.29 is 34.4 Å². The van der Waals surface area contributed by atoms with Crippen LogP contribution in [0.5, 0.6) is 0 Å².